The molecule has 0 aromatic heterocycles. The summed E-state index contributed by atoms with van der Waals surface area (Å²) >= 11 is 5.95. The van der Waals surface area contributed by atoms with E-state index in [1.54, 1.807) is 25.2 Å². The fraction of sp³-hybridized carbons (Fsp3) is 0.500. The Kier molecular flexibility index (Phi) is 7.44. The van der Waals surface area contributed by atoms with Crippen LogP contribution in [0.15, 0.2) is 18.2 Å². The van der Waals surface area contributed by atoms with Crippen LogP contribution in [0.2, 0.25) is 5.02 Å². The fourth-order valence-corrected chi connectivity index (χ4v) is 3.13. The Bertz CT molecular complexity index is 705. The molecular formula is C18H25ClN4O4. The lowest BCUT2D eigenvalue weighted by molar-refractivity contribution is -0.134. The summed E-state index contributed by atoms with van der Waals surface area (Å²) in [5.74, 6) is -0.433. The van der Waals surface area contributed by atoms with E-state index >= 15 is 0 Å². The number of nitrogens with one attached hydrogen (secondary N) is 1. The van der Waals surface area contributed by atoms with Crippen molar-refractivity contribution in [3.63, 3.8) is 0 Å². The predicted molar refractivity (Wildman–Crippen MR) is 103 cm³/mol. The molecule has 148 valence electrons. The lowest BCUT2D eigenvalue weighted by Crippen LogP contribution is -2.45. The summed E-state index contributed by atoms with van der Waals surface area (Å²) < 4.78 is 5.19. The minimum Gasteiger partial charge on any atom is -0.495 e. The number of methoxy groups -OCH3 is 1. The zero-order valence-electron chi connectivity index (χ0n) is 15.5. The van der Waals surface area contributed by atoms with Crippen LogP contribution in [0.5, 0.6) is 5.75 Å². The predicted octanol–water partition coefficient (Wildman–Crippen LogP) is 0.943. The van der Waals surface area contributed by atoms with Gasteiger partial charge in [0.15, 0.2) is 0 Å². The number of piperidine rings is 1. The highest BCUT2D eigenvalue weighted by Gasteiger charge is 2.25. The smallest absolute Gasteiger partial charge is 0.244 e. The van der Waals surface area contributed by atoms with Crippen LogP contribution in [0.25, 0.3) is 0 Å². The highest BCUT2D eigenvalue weighted by atomic mass is 35.5. The number of ether oxygens (including phenoxy) is 1. The van der Waals surface area contributed by atoms with Crippen LogP contribution in [-0.2, 0) is 14.4 Å². The first-order chi connectivity index (χ1) is 12.8. The number of hydrogen-bond acceptors (Lipinski definition) is 5. The second-order valence-corrected chi connectivity index (χ2v) is 7.03. The summed E-state index contributed by atoms with van der Waals surface area (Å²) in [6, 6.07) is 4.90. The van der Waals surface area contributed by atoms with Crippen molar-refractivity contribution in [1.82, 2.24) is 9.80 Å². The van der Waals surface area contributed by atoms with Crippen molar-refractivity contribution in [2.24, 2.45) is 11.7 Å². The second kappa shape index (κ2) is 9.57. The summed E-state index contributed by atoms with van der Waals surface area (Å²) in [7, 11) is 3.07. The van der Waals surface area contributed by atoms with Crippen molar-refractivity contribution in [1.29, 1.82) is 0 Å². The number of likely N-dealkylation sites (tertiary alicyclic amines) is 1. The lowest BCUT2D eigenvalue weighted by Gasteiger charge is -2.31. The Morgan fingerprint density at radius 2 is 2.00 bits per heavy atom. The number of likely N-dealkylation sites (N-methyl/N-ethyl adjacent to an activating group) is 1. The number of benzene rings is 1. The third kappa shape index (κ3) is 6.11. The van der Waals surface area contributed by atoms with Gasteiger partial charge in [-0.15, -0.1) is 0 Å². The van der Waals surface area contributed by atoms with Crippen molar-refractivity contribution in [3.8, 4) is 5.75 Å². The normalized spacial score (nSPS) is 15.2. The molecule has 0 aliphatic carbocycles. The molecule has 1 heterocycles. The van der Waals surface area contributed by atoms with Gasteiger partial charge in [-0.05, 0) is 44.1 Å². The van der Waals surface area contributed by atoms with Gasteiger partial charge in [-0.25, -0.2) is 0 Å². The van der Waals surface area contributed by atoms with Gasteiger partial charge in [0.05, 0.1) is 25.9 Å². The van der Waals surface area contributed by atoms with Gasteiger partial charge in [0, 0.05) is 18.0 Å². The van der Waals surface area contributed by atoms with Gasteiger partial charge >= 0.3 is 0 Å². The average Bonchev–Trinajstić information content (AvgIpc) is 2.62. The molecule has 1 aliphatic heterocycles. The highest BCUT2D eigenvalue weighted by Crippen LogP contribution is 2.27. The molecule has 1 saturated heterocycles. The lowest BCUT2D eigenvalue weighted by atomic mass is 9.96. The molecule has 8 nitrogen and oxygen atoms in total. The van der Waals surface area contributed by atoms with Gasteiger partial charge in [0.1, 0.15) is 5.75 Å². The van der Waals surface area contributed by atoms with Crippen LogP contribution in [-0.4, -0.2) is 67.9 Å². The molecule has 0 bridgehead atoms. The number of primary amides is 1. The van der Waals surface area contributed by atoms with E-state index in [-0.39, 0.29) is 36.7 Å². The first-order valence-corrected chi connectivity index (χ1v) is 9.07. The number of halogens is 1. The third-order valence-corrected chi connectivity index (χ3v) is 4.83. The maximum atomic E-state index is 12.4. The minimum atomic E-state index is -0.348. The number of amides is 3. The Labute approximate surface area is 163 Å². The Balaban J connectivity index is 1.83. The molecule has 1 aromatic rings. The maximum absolute atomic E-state index is 12.4. The molecule has 0 atom stereocenters. The molecule has 9 heteroatoms. The molecule has 2 rings (SSSR count). The summed E-state index contributed by atoms with van der Waals surface area (Å²) in [4.78, 5) is 39.1. The van der Waals surface area contributed by atoms with Crippen LogP contribution in [0.4, 0.5) is 5.69 Å². The molecular weight excluding hydrogens is 372 g/mol. The largest absolute Gasteiger partial charge is 0.495 e. The first-order valence-electron chi connectivity index (χ1n) is 8.69. The van der Waals surface area contributed by atoms with Gasteiger partial charge in [-0.1, -0.05) is 11.6 Å². The highest BCUT2D eigenvalue weighted by molar-refractivity contribution is 6.31. The van der Waals surface area contributed by atoms with E-state index in [1.807, 2.05) is 4.90 Å². The number of carbonyl (C=O) groups is 3. The molecule has 3 N–H and O–H groups in total. The van der Waals surface area contributed by atoms with Gasteiger partial charge in [-0.2, -0.15) is 0 Å². The minimum absolute atomic E-state index is 0.0910. The molecule has 3 amide bonds. The molecule has 1 aliphatic rings. The van der Waals surface area contributed by atoms with Gasteiger partial charge in [0.25, 0.3) is 0 Å². The van der Waals surface area contributed by atoms with Crippen molar-refractivity contribution >= 4 is 35.0 Å². The Hall–Kier alpha value is -2.32. The molecule has 1 fully saturated rings. The molecule has 0 spiro atoms. The number of nitrogens with zero attached hydrogens (tertiary/aromatic N) is 2. The standard InChI is InChI=1S/C18H25ClN4O4/c1-22(17(25)11-23-7-5-12(6-8-23)18(20)26)10-16(24)21-14-9-13(19)3-4-15(14)27-2/h3-4,9,12H,5-8,10-11H2,1-2H3,(H2,20,26)(H,21,24). The van der Waals surface area contributed by atoms with Crippen molar-refractivity contribution < 1.29 is 19.1 Å². The van der Waals surface area contributed by atoms with E-state index in [1.165, 1.54) is 12.0 Å². The fourth-order valence-electron chi connectivity index (χ4n) is 2.96. The van der Waals surface area contributed by atoms with E-state index in [9.17, 15) is 14.4 Å². The van der Waals surface area contributed by atoms with E-state index in [4.69, 9.17) is 22.1 Å². The van der Waals surface area contributed by atoms with Crippen molar-refractivity contribution in [3.05, 3.63) is 23.2 Å². The quantitative estimate of drug-likeness (QED) is 0.713. The second-order valence-electron chi connectivity index (χ2n) is 6.60. The van der Waals surface area contributed by atoms with Crippen molar-refractivity contribution in [2.45, 2.75) is 12.8 Å². The van der Waals surface area contributed by atoms with E-state index in [2.05, 4.69) is 5.32 Å². The van der Waals surface area contributed by atoms with Crippen LogP contribution >= 0.6 is 11.6 Å². The van der Waals surface area contributed by atoms with Gasteiger partial charge < -0.3 is 20.7 Å². The van der Waals surface area contributed by atoms with Crippen molar-refractivity contribution in [2.75, 3.05) is 45.7 Å². The molecule has 0 radical (unpaired) electrons. The maximum Gasteiger partial charge on any atom is 0.244 e. The van der Waals surface area contributed by atoms with Crippen LogP contribution in [0.3, 0.4) is 0 Å². The average molecular weight is 397 g/mol. The van der Waals surface area contributed by atoms with E-state index < -0.39 is 0 Å². The molecule has 1 aromatic carbocycles. The van der Waals surface area contributed by atoms with Crippen LogP contribution in [0, 0.1) is 5.92 Å². The van der Waals surface area contributed by atoms with Crippen LogP contribution in [0.1, 0.15) is 12.8 Å². The van der Waals surface area contributed by atoms with E-state index in [0.29, 0.717) is 42.4 Å². The summed E-state index contributed by atoms with van der Waals surface area (Å²) in [5, 5.41) is 3.17. The zero-order chi connectivity index (χ0) is 20.0. The van der Waals surface area contributed by atoms with E-state index in [0.717, 1.165) is 0 Å². The van der Waals surface area contributed by atoms with Crippen LogP contribution < -0.4 is 15.8 Å². The Morgan fingerprint density at radius 3 is 2.59 bits per heavy atom. The molecule has 0 unspecified atom stereocenters. The summed E-state index contributed by atoms with van der Waals surface area (Å²) in [6.45, 7) is 1.39. The zero-order valence-corrected chi connectivity index (χ0v) is 16.3. The number of hydrogen-bond donors (Lipinski definition) is 2. The number of nitrogens with two attached hydrogens (primary N) is 1. The monoisotopic (exact) mass is 396 g/mol. The SMILES string of the molecule is COc1ccc(Cl)cc1NC(=O)CN(C)C(=O)CN1CCC(C(N)=O)CC1. The van der Waals surface area contributed by atoms with Gasteiger partial charge in [-0.3, -0.25) is 19.3 Å². The molecule has 27 heavy (non-hydrogen) atoms. The number of rotatable bonds is 7. The first kappa shape index (κ1) is 21.0. The number of anilines is 1. The topological polar surface area (TPSA) is 105 Å². The molecule has 0 saturated carbocycles. The number of carbonyl (C=O) groups excluding carboxylic acids is 3. The summed E-state index contributed by atoms with van der Waals surface area (Å²) in [5.41, 5.74) is 5.76. The summed E-state index contributed by atoms with van der Waals surface area (Å²) in [6.07, 6.45) is 1.31. The van der Waals surface area contributed by atoms with Gasteiger partial charge in [0.2, 0.25) is 17.7 Å². The Morgan fingerprint density at radius 1 is 1.33 bits per heavy atom. The third-order valence-electron chi connectivity index (χ3n) is 4.59.